The third-order valence-corrected chi connectivity index (χ3v) is 5.37. The molecule has 8 nitrogen and oxygen atoms in total. The standard InChI is InChI=1S/C20H23N5O3/c1-11-7-17(13(3)24(11)15-5-6-15)18(26)9-28-19(27)8-16-12(2)23-20-21-10-22-25(20)14(16)4/h7,10,15H,5-6,8-9H2,1-4H3. The van der Waals surface area contributed by atoms with Crippen LogP contribution < -0.4 is 0 Å². The number of aryl methyl sites for hydroxylation is 3. The van der Waals surface area contributed by atoms with Crippen molar-refractivity contribution in [3.05, 3.63) is 46.3 Å². The zero-order valence-electron chi connectivity index (χ0n) is 16.5. The topological polar surface area (TPSA) is 91.4 Å². The van der Waals surface area contributed by atoms with Crippen molar-refractivity contribution in [2.45, 2.75) is 53.0 Å². The number of ketones is 1. The summed E-state index contributed by atoms with van der Waals surface area (Å²) in [5.74, 6) is -0.142. The summed E-state index contributed by atoms with van der Waals surface area (Å²) in [7, 11) is 0. The van der Waals surface area contributed by atoms with Gasteiger partial charge in [-0.05, 0) is 46.6 Å². The molecule has 0 radical (unpaired) electrons. The minimum Gasteiger partial charge on any atom is -0.457 e. The summed E-state index contributed by atoms with van der Waals surface area (Å²) in [4.78, 5) is 33.3. The Bertz CT molecular complexity index is 1090. The van der Waals surface area contributed by atoms with Gasteiger partial charge < -0.3 is 9.30 Å². The quantitative estimate of drug-likeness (QED) is 0.481. The number of esters is 1. The van der Waals surface area contributed by atoms with Gasteiger partial charge in [0.25, 0.3) is 5.78 Å². The fourth-order valence-electron chi connectivity index (χ4n) is 3.78. The second kappa shape index (κ2) is 6.85. The molecule has 1 aliphatic carbocycles. The lowest BCUT2D eigenvalue weighted by molar-refractivity contribution is -0.141. The number of carbonyl (C=O) groups is 2. The van der Waals surface area contributed by atoms with Crippen LogP contribution in [0, 0.1) is 27.7 Å². The summed E-state index contributed by atoms with van der Waals surface area (Å²) in [5.41, 5.74) is 4.89. The molecule has 0 spiro atoms. The van der Waals surface area contributed by atoms with Crippen LogP contribution in [0.25, 0.3) is 5.78 Å². The van der Waals surface area contributed by atoms with Crippen LogP contribution in [-0.2, 0) is 16.0 Å². The molecule has 146 valence electrons. The van der Waals surface area contributed by atoms with Gasteiger partial charge in [-0.15, -0.1) is 0 Å². The Labute approximate surface area is 162 Å². The summed E-state index contributed by atoms with van der Waals surface area (Å²) < 4.78 is 9.08. The van der Waals surface area contributed by atoms with Gasteiger partial charge in [0.2, 0.25) is 5.78 Å². The van der Waals surface area contributed by atoms with Gasteiger partial charge in [-0.1, -0.05) is 0 Å². The fraction of sp³-hybridized carbons (Fsp3) is 0.450. The smallest absolute Gasteiger partial charge is 0.310 e. The molecule has 1 aliphatic rings. The van der Waals surface area contributed by atoms with Crippen molar-refractivity contribution in [3.63, 3.8) is 0 Å². The summed E-state index contributed by atoms with van der Waals surface area (Å²) in [6.45, 7) is 7.38. The molecule has 0 bridgehead atoms. The number of fused-ring (bicyclic) bond motifs is 1. The SMILES string of the molecule is Cc1nc2ncnn2c(C)c1CC(=O)OCC(=O)c1cc(C)n(C2CC2)c1C. The normalized spacial score (nSPS) is 13.9. The Balaban J connectivity index is 1.44. The molecule has 3 heterocycles. The van der Waals surface area contributed by atoms with E-state index in [4.69, 9.17) is 4.74 Å². The molecule has 0 saturated heterocycles. The molecule has 0 amide bonds. The van der Waals surface area contributed by atoms with E-state index in [2.05, 4.69) is 19.6 Å². The molecule has 1 saturated carbocycles. The van der Waals surface area contributed by atoms with Crippen LogP contribution in [0.5, 0.6) is 0 Å². The molecule has 3 aromatic rings. The van der Waals surface area contributed by atoms with Crippen LogP contribution in [-0.4, -0.2) is 42.5 Å². The Morgan fingerprint density at radius 1 is 1.18 bits per heavy atom. The van der Waals surface area contributed by atoms with Crippen molar-refractivity contribution in [2.24, 2.45) is 0 Å². The van der Waals surface area contributed by atoms with E-state index >= 15 is 0 Å². The summed E-state index contributed by atoms with van der Waals surface area (Å²) >= 11 is 0. The van der Waals surface area contributed by atoms with Gasteiger partial charge in [-0.3, -0.25) is 9.59 Å². The zero-order valence-corrected chi connectivity index (χ0v) is 16.5. The van der Waals surface area contributed by atoms with E-state index in [1.165, 1.54) is 6.33 Å². The molecule has 0 N–H and O–H groups in total. The van der Waals surface area contributed by atoms with Crippen molar-refractivity contribution in [3.8, 4) is 0 Å². The zero-order chi connectivity index (χ0) is 20.0. The fourth-order valence-corrected chi connectivity index (χ4v) is 3.78. The van der Waals surface area contributed by atoms with Crippen molar-refractivity contribution in [2.75, 3.05) is 6.61 Å². The van der Waals surface area contributed by atoms with E-state index in [0.717, 1.165) is 35.5 Å². The molecule has 8 heteroatoms. The number of nitrogens with zero attached hydrogens (tertiary/aromatic N) is 5. The van der Waals surface area contributed by atoms with Gasteiger partial charge in [0.05, 0.1) is 6.42 Å². The maximum Gasteiger partial charge on any atom is 0.310 e. The number of ether oxygens (including phenoxy) is 1. The number of carbonyl (C=O) groups excluding carboxylic acids is 2. The highest BCUT2D eigenvalue weighted by atomic mass is 16.5. The van der Waals surface area contributed by atoms with Gasteiger partial charge in [0, 0.05) is 39.9 Å². The molecule has 3 aromatic heterocycles. The second-order valence-electron chi connectivity index (χ2n) is 7.38. The summed E-state index contributed by atoms with van der Waals surface area (Å²) in [6.07, 6.45) is 3.77. The lowest BCUT2D eigenvalue weighted by atomic mass is 10.1. The molecule has 0 aliphatic heterocycles. The number of hydrogen-bond donors (Lipinski definition) is 0. The first-order valence-electron chi connectivity index (χ1n) is 9.40. The summed E-state index contributed by atoms with van der Waals surface area (Å²) in [5, 5.41) is 4.12. The summed E-state index contributed by atoms with van der Waals surface area (Å²) in [6, 6.07) is 2.40. The van der Waals surface area contributed by atoms with E-state index in [0.29, 0.717) is 23.1 Å². The van der Waals surface area contributed by atoms with Crippen molar-refractivity contribution < 1.29 is 14.3 Å². The first-order chi connectivity index (χ1) is 13.4. The monoisotopic (exact) mass is 381 g/mol. The van der Waals surface area contributed by atoms with Crippen molar-refractivity contribution >= 4 is 17.5 Å². The van der Waals surface area contributed by atoms with Crippen LogP contribution in [0.15, 0.2) is 12.4 Å². The van der Waals surface area contributed by atoms with Crippen LogP contribution in [0.4, 0.5) is 0 Å². The van der Waals surface area contributed by atoms with Gasteiger partial charge in [-0.25, -0.2) is 9.50 Å². The second-order valence-corrected chi connectivity index (χ2v) is 7.38. The first-order valence-corrected chi connectivity index (χ1v) is 9.40. The minimum atomic E-state index is -0.461. The maximum absolute atomic E-state index is 12.6. The lowest BCUT2D eigenvalue weighted by Gasteiger charge is -2.10. The first kappa shape index (κ1) is 18.3. The molecular formula is C20H23N5O3. The van der Waals surface area contributed by atoms with Crippen LogP contribution >= 0.6 is 0 Å². The Hall–Kier alpha value is -3.03. The highest BCUT2D eigenvalue weighted by molar-refractivity contribution is 5.99. The van der Waals surface area contributed by atoms with Crippen molar-refractivity contribution in [1.82, 2.24) is 24.1 Å². The number of hydrogen-bond acceptors (Lipinski definition) is 6. The highest BCUT2D eigenvalue weighted by Crippen LogP contribution is 2.38. The van der Waals surface area contributed by atoms with E-state index < -0.39 is 5.97 Å². The van der Waals surface area contributed by atoms with Gasteiger partial charge in [0.15, 0.2) is 6.61 Å². The largest absolute Gasteiger partial charge is 0.457 e. The molecule has 0 atom stereocenters. The average Bonchev–Trinajstić information content (AvgIpc) is 3.29. The molecule has 0 unspecified atom stereocenters. The minimum absolute atomic E-state index is 0.0366. The van der Waals surface area contributed by atoms with Crippen LogP contribution in [0.1, 0.15) is 57.6 Å². The van der Waals surface area contributed by atoms with Crippen LogP contribution in [0.3, 0.4) is 0 Å². The maximum atomic E-state index is 12.6. The van der Waals surface area contributed by atoms with E-state index in [-0.39, 0.29) is 18.8 Å². The Morgan fingerprint density at radius 2 is 1.93 bits per heavy atom. The predicted molar refractivity (Wildman–Crippen MR) is 101 cm³/mol. The molecule has 28 heavy (non-hydrogen) atoms. The van der Waals surface area contributed by atoms with Crippen LogP contribution in [0.2, 0.25) is 0 Å². The molecular weight excluding hydrogens is 358 g/mol. The van der Waals surface area contributed by atoms with Gasteiger partial charge in [-0.2, -0.15) is 10.1 Å². The van der Waals surface area contributed by atoms with E-state index in [1.54, 1.807) is 4.52 Å². The molecule has 1 fully saturated rings. The Kier molecular flexibility index (Phi) is 4.49. The van der Waals surface area contributed by atoms with Crippen molar-refractivity contribution in [1.29, 1.82) is 0 Å². The van der Waals surface area contributed by atoms with E-state index in [9.17, 15) is 9.59 Å². The predicted octanol–water partition coefficient (Wildman–Crippen LogP) is 2.46. The number of Topliss-reactive ketones (excluding diaryl/α,β-unsaturated/α-hetero) is 1. The Morgan fingerprint density at radius 3 is 2.64 bits per heavy atom. The third kappa shape index (κ3) is 3.19. The lowest BCUT2D eigenvalue weighted by Crippen LogP contribution is -2.18. The average molecular weight is 381 g/mol. The molecule has 4 rings (SSSR count). The number of rotatable bonds is 6. The number of aromatic nitrogens is 5. The van der Waals surface area contributed by atoms with E-state index in [1.807, 2.05) is 33.8 Å². The third-order valence-electron chi connectivity index (χ3n) is 5.37. The van der Waals surface area contributed by atoms with Gasteiger partial charge >= 0.3 is 5.97 Å². The van der Waals surface area contributed by atoms with Gasteiger partial charge in [0.1, 0.15) is 6.33 Å². The highest BCUT2D eigenvalue weighted by Gasteiger charge is 2.28. The molecule has 0 aromatic carbocycles.